The van der Waals surface area contributed by atoms with Crippen LogP contribution < -0.4 is 0 Å². The van der Waals surface area contributed by atoms with Crippen molar-refractivity contribution in [3.63, 3.8) is 0 Å². The largest absolute Gasteiger partial charge is 0.435 e. The van der Waals surface area contributed by atoms with Gasteiger partial charge in [0.15, 0.2) is 5.58 Å². The highest BCUT2D eigenvalue weighted by molar-refractivity contribution is 6.05. The Labute approximate surface area is 116 Å². The van der Waals surface area contributed by atoms with Crippen LogP contribution in [0, 0.1) is 6.92 Å². The zero-order valence-electron chi connectivity index (χ0n) is 11.1. The molecule has 96 valence electrons. The minimum absolute atomic E-state index is 0.677. The van der Waals surface area contributed by atoms with Crippen molar-refractivity contribution in [1.82, 2.24) is 4.98 Å². The molecule has 0 aliphatic carbocycles. The number of hydrogen-bond donors (Lipinski definition) is 0. The molecule has 0 saturated heterocycles. The van der Waals surface area contributed by atoms with E-state index in [1.54, 1.807) is 0 Å². The van der Waals surface area contributed by atoms with E-state index in [2.05, 4.69) is 36.2 Å². The van der Waals surface area contributed by atoms with Crippen molar-refractivity contribution in [2.24, 2.45) is 0 Å². The second-order valence-electron chi connectivity index (χ2n) is 4.97. The summed E-state index contributed by atoms with van der Waals surface area (Å²) in [6.07, 6.45) is 0. The zero-order valence-corrected chi connectivity index (χ0v) is 11.1. The smallest absolute Gasteiger partial charge is 0.227 e. The monoisotopic (exact) mass is 259 g/mol. The number of nitrogens with zero attached hydrogens (tertiary/aromatic N) is 1. The van der Waals surface area contributed by atoms with Crippen LogP contribution in [0.25, 0.3) is 33.3 Å². The highest BCUT2D eigenvalue weighted by atomic mass is 16.3. The normalized spacial score (nSPS) is 11.2. The molecular weight excluding hydrogens is 246 g/mol. The molecule has 0 aliphatic heterocycles. The molecule has 0 spiro atoms. The molecule has 0 N–H and O–H groups in total. The molecule has 0 aliphatic rings. The van der Waals surface area contributed by atoms with E-state index >= 15 is 0 Å². The van der Waals surface area contributed by atoms with Crippen LogP contribution in [0.5, 0.6) is 0 Å². The van der Waals surface area contributed by atoms with Gasteiger partial charge in [0, 0.05) is 10.9 Å². The number of rotatable bonds is 1. The van der Waals surface area contributed by atoms with Crippen molar-refractivity contribution in [2.75, 3.05) is 0 Å². The van der Waals surface area contributed by atoms with E-state index in [0.717, 1.165) is 22.0 Å². The fourth-order valence-electron chi connectivity index (χ4n) is 2.63. The standard InChI is InChI=1S/C18H13NO/c1-12-11-16-17(15-10-6-5-9-14(12)15)20-18(19-16)13-7-3-2-4-8-13/h2-11H,1H3. The van der Waals surface area contributed by atoms with E-state index in [9.17, 15) is 0 Å². The van der Waals surface area contributed by atoms with Gasteiger partial charge in [-0.3, -0.25) is 0 Å². The molecule has 20 heavy (non-hydrogen) atoms. The quantitative estimate of drug-likeness (QED) is 0.483. The maximum absolute atomic E-state index is 6.01. The maximum atomic E-state index is 6.01. The van der Waals surface area contributed by atoms with E-state index in [1.807, 2.05) is 36.4 Å². The van der Waals surface area contributed by atoms with E-state index in [1.165, 1.54) is 10.9 Å². The van der Waals surface area contributed by atoms with E-state index in [-0.39, 0.29) is 0 Å². The van der Waals surface area contributed by atoms with Gasteiger partial charge in [0.25, 0.3) is 0 Å². The fourth-order valence-corrected chi connectivity index (χ4v) is 2.63. The number of fused-ring (bicyclic) bond motifs is 3. The number of oxazole rings is 1. The van der Waals surface area contributed by atoms with Crippen LogP contribution in [0.3, 0.4) is 0 Å². The predicted octanol–water partition coefficient (Wildman–Crippen LogP) is 4.96. The molecule has 1 heterocycles. The first kappa shape index (κ1) is 11.2. The lowest BCUT2D eigenvalue weighted by molar-refractivity contribution is 0.623. The van der Waals surface area contributed by atoms with Crippen LogP contribution in [-0.4, -0.2) is 4.98 Å². The highest BCUT2D eigenvalue weighted by Gasteiger charge is 2.12. The lowest BCUT2D eigenvalue weighted by Gasteiger charge is -2.01. The minimum Gasteiger partial charge on any atom is -0.435 e. The second kappa shape index (κ2) is 4.20. The number of aromatic nitrogens is 1. The Kier molecular flexibility index (Phi) is 2.36. The van der Waals surface area contributed by atoms with Crippen molar-refractivity contribution >= 4 is 21.9 Å². The van der Waals surface area contributed by atoms with Gasteiger partial charge < -0.3 is 4.42 Å². The number of aryl methyl sites for hydroxylation is 1. The summed E-state index contributed by atoms with van der Waals surface area (Å²) in [5.74, 6) is 0.677. The Morgan fingerprint density at radius 2 is 1.55 bits per heavy atom. The molecule has 0 bridgehead atoms. The Balaban J connectivity index is 2.07. The Morgan fingerprint density at radius 1 is 0.850 bits per heavy atom. The first-order valence-electron chi connectivity index (χ1n) is 6.67. The molecule has 4 aromatic rings. The molecule has 2 nitrogen and oxygen atoms in total. The second-order valence-corrected chi connectivity index (χ2v) is 4.97. The predicted molar refractivity (Wildman–Crippen MR) is 81.7 cm³/mol. The molecule has 0 amide bonds. The van der Waals surface area contributed by atoms with Gasteiger partial charge in [-0.05, 0) is 36.1 Å². The van der Waals surface area contributed by atoms with Crippen molar-refractivity contribution in [2.45, 2.75) is 6.92 Å². The van der Waals surface area contributed by atoms with Gasteiger partial charge in [-0.15, -0.1) is 0 Å². The molecule has 0 saturated carbocycles. The summed E-state index contributed by atoms with van der Waals surface area (Å²) in [7, 11) is 0. The Hall–Kier alpha value is -2.61. The van der Waals surface area contributed by atoms with Crippen molar-refractivity contribution in [3.8, 4) is 11.5 Å². The van der Waals surface area contributed by atoms with Crippen LogP contribution in [0.2, 0.25) is 0 Å². The first-order chi connectivity index (χ1) is 9.83. The van der Waals surface area contributed by atoms with Gasteiger partial charge >= 0.3 is 0 Å². The average molecular weight is 259 g/mol. The van der Waals surface area contributed by atoms with Crippen LogP contribution in [0.4, 0.5) is 0 Å². The third kappa shape index (κ3) is 1.62. The molecular formula is C18H13NO. The summed E-state index contributed by atoms with van der Waals surface area (Å²) in [5.41, 5.74) is 4.01. The van der Waals surface area contributed by atoms with Crippen LogP contribution >= 0.6 is 0 Å². The number of hydrogen-bond acceptors (Lipinski definition) is 2. The summed E-state index contributed by atoms with van der Waals surface area (Å²) < 4.78 is 6.01. The molecule has 0 unspecified atom stereocenters. The molecule has 3 aromatic carbocycles. The minimum atomic E-state index is 0.677. The Bertz CT molecular complexity index is 907. The summed E-state index contributed by atoms with van der Waals surface area (Å²) in [6, 6.07) is 20.4. The van der Waals surface area contributed by atoms with Gasteiger partial charge in [0.05, 0.1) is 0 Å². The van der Waals surface area contributed by atoms with Crippen LogP contribution in [0.1, 0.15) is 5.56 Å². The zero-order chi connectivity index (χ0) is 13.5. The van der Waals surface area contributed by atoms with Gasteiger partial charge in [-0.25, -0.2) is 4.98 Å². The van der Waals surface area contributed by atoms with Crippen LogP contribution in [-0.2, 0) is 0 Å². The summed E-state index contributed by atoms with van der Waals surface area (Å²) >= 11 is 0. The molecule has 2 heteroatoms. The van der Waals surface area contributed by atoms with E-state index in [4.69, 9.17) is 4.42 Å². The van der Waals surface area contributed by atoms with Gasteiger partial charge in [-0.1, -0.05) is 42.5 Å². The van der Waals surface area contributed by atoms with Crippen LogP contribution in [0.15, 0.2) is 65.1 Å². The maximum Gasteiger partial charge on any atom is 0.227 e. The third-order valence-electron chi connectivity index (χ3n) is 3.62. The van der Waals surface area contributed by atoms with Gasteiger partial charge in [0.1, 0.15) is 5.52 Å². The lowest BCUT2D eigenvalue weighted by atomic mass is 10.0. The first-order valence-corrected chi connectivity index (χ1v) is 6.67. The summed E-state index contributed by atoms with van der Waals surface area (Å²) in [5, 5.41) is 2.34. The van der Waals surface area contributed by atoms with Crippen molar-refractivity contribution in [3.05, 3.63) is 66.2 Å². The van der Waals surface area contributed by atoms with Crippen molar-refractivity contribution < 1.29 is 4.42 Å². The lowest BCUT2D eigenvalue weighted by Crippen LogP contribution is -1.79. The molecule has 1 aromatic heterocycles. The van der Waals surface area contributed by atoms with E-state index in [0.29, 0.717) is 5.89 Å². The van der Waals surface area contributed by atoms with E-state index < -0.39 is 0 Å². The highest BCUT2D eigenvalue weighted by Crippen LogP contribution is 2.31. The molecule has 0 radical (unpaired) electrons. The topological polar surface area (TPSA) is 26.0 Å². The summed E-state index contributed by atoms with van der Waals surface area (Å²) in [6.45, 7) is 2.11. The van der Waals surface area contributed by atoms with Gasteiger partial charge in [0.2, 0.25) is 5.89 Å². The molecule has 4 rings (SSSR count). The molecule has 0 fully saturated rings. The van der Waals surface area contributed by atoms with Gasteiger partial charge in [-0.2, -0.15) is 0 Å². The SMILES string of the molecule is Cc1cc2nc(-c3ccccc3)oc2c2ccccc12. The Morgan fingerprint density at radius 3 is 2.35 bits per heavy atom. The fraction of sp³-hybridized carbons (Fsp3) is 0.0556. The summed E-state index contributed by atoms with van der Waals surface area (Å²) in [4.78, 5) is 4.63. The number of benzene rings is 3. The third-order valence-corrected chi connectivity index (χ3v) is 3.62. The average Bonchev–Trinajstić information content (AvgIpc) is 2.93. The molecule has 0 atom stereocenters. The van der Waals surface area contributed by atoms with Crippen molar-refractivity contribution in [1.29, 1.82) is 0 Å².